The molecule has 1 N–H and O–H groups in total. The van der Waals surface area contributed by atoms with Crippen molar-refractivity contribution in [2.75, 3.05) is 12.3 Å². The number of rotatable bonds is 11. The quantitative estimate of drug-likeness (QED) is 0.458. The molecule has 1 aromatic carbocycles. The fourth-order valence-corrected chi connectivity index (χ4v) is 4.28. The summed E-state index contributed by atoms with van der Waals surface area (Å²) in [7, 11) is 0. The first-order valence-corrected chi connectivity index (χ1v) is 11.9. The number of aromatic nitrogens is 1. The second-order valence-corrected chi connectivity index (χ2v) is 8.84. The number of pyridine rings is 1. The van der Waals surface area contributed by atoms with Gasteiger partial charge in [0.1, 0.15) is 0 Å². The highest BCUT2D eigenvalue weighted by Crippen LogP contribution is 2.15. The van der Waals surface area contributed by atoms with Crippen molar-refractivity contribution in [3.8, 4) is 0 Å². The maximum atomic E-state index is 4.69. The van der Waals surface area contributed by atoms with Crippen LogP contribution in [0.4, 0.5) is 0 Å². The average Bonchev–Trinajstić information content (AvgIpc) is 2.76. The third-order valence-electron chi connectivity index (χ3n) is 5.17. The zero-order valence-electron chi connectivity index (χ0n) is 17.6. The number of nitrogens with one attached hydrogen (secondary N) is 1. The van der Waals surface area contributed by atoms with Gasteiger partial charge in [0.05, 0.1) is 6.54 Å². The minimum Gasteiger partial charge on any atom is -0.341 e. The van der Waals surface area contributed by atoms with Gasteiger partial charge in [-0.15, -0.1) is 0 Å². The minimum absolute atomic E-state index is 0.796. The molecule has 2 heterocycles. The fraction of sp³-hybridized carbons (Fsp3) is 0.440. The smallest absolute Gasteiger partial charge is 0.160 e. The number of amidine groups is 1. The minimum atomic E-state index is 0.796. The van der Waals surface area contributed by atoms with E-state index in [1.807, 2.05) is 24.9 Å². The number of unbranched alkanes of at least 4 members (excludes halogenated alkanes) is 5. The summed E-state index contributed by atoms with van der Waals surface area (Å²) in [5.41, 5.74) is 5.10. The van der Waals surface area contributed by atoms with Crippen LogP contribution < -0.4 is 5.32 Å². The monoisotopic (exact) mass is 407 g/mol. The van der Waals surface area contributed by atoms with Crippen molar-refractivity contribution in [3.05, 3.63) is 77.3 Å². The van der Waals surface area contributed by atoms with Gasteiger partial charge in [-0.05, 0) is 55.4 Å². The van der Waals surface area contributed by atoms with E-state index >= 15 is 0 Å². The lowest BCUT2D eigenvalue weighted by atomic mass is 10.1. The number of aliphatic imine (C=N–C) groups is 1. The van der Waals surface area contributed by atoms with Crippen molar-refractivity contribution in [2.24, 2.45) is 4.99 Å². The van der Waals surface area contributed by atoms with Crippen LogP contribution in [0.2, 0.25) is 0 Å². The van der Waals surface area contributed by atoms with Crippen molar-refractivity contribution < 1.29 is 0 Å². The Labute approximate surface area is 180 Å². The lowest BCUT2D eigenvalue weighted by Gasteiger charge is -2.14. The summed E-state index contributed by atoms with van der Waals surface area (Å²) in [6.07, 6.45) is 14.2. The SMILES string of the molecule is Cc1ccc(CC2=CNC(SCCCCCCCCc3ccccc3)=NC2)cn1. The molecule has 0 atom stereocenters. The molecule has 3 nitrogen and oxygen atoms in total. The standard InChI is InChI=1S/C25H33N3S/c1-21-14-15-23(18-26-21)17-24-19-27-25(28-20-24)29-16-10-5-3-2-4-7-11-22-12-8-6-9-13-22/h6,8-9,12-15,18-19H,2-5,7,10-11,16-17,20H2,1H3,(H,27,28). The van der Waals surface area contributed by atoms with Gasteiger partial charge in [0.2, 0.25) is 0 Å². The molecule has 2 aromatic rings. The molecule has 0 aliphatic carbocycles. The Hall–Kier alpha value is -2.07. The molecule has 4 heteroatoms. The van der Waals surface area contributed by atoms with Crippen molar-refractivity contribution >= 4 is 16.9 Å². The highest BCUT2D eigenvalue weighted by molar-refractivity contribution is 8.13. The van der Waals surface area contributed by atoms with E-state index in [9.17, 15) is 0 Å². The molecule has 29 heavy (non-hydrogen) atoms. The summed E-state index contributed by atoms with van der Waals surface area (Å²) in [5.74, 6) is 1.15. The molecular weight excluding hydrogens is 374 g/mol. The number of hydrogen-bond acceptors (Lipinski definition) is 4. The van der Waals surface area contributed by atoms with E-state index in [-0.39, 0.29) is 0 Å². The lowest BCUT2D eigenvalue weighted by molar-refractivity contribution is 0.609. The van der Waals surface area contributed by atoms with Crippen LogP contribution in [0.15, 0.2) is 65.4 Å². The predicted octanol–water partition coefficient (Wildman–Crippen LogP) is 6.09. The van der Waals surface area contributed by atoms with Gasteiger partial charge < -0.3 is 5.32 Å². The zero-order valence-corrected chi connectivity index (χ0v) is 18.4. The molecule has 1 aliphatic rings. The maximum absolute atomic E-state index is 4.69. The summed E-state index contributed by atoms with van der Waals surface area (Å²) >= 11 is 1.86. The van der Waals surface area contributed by atoms with E-state index in [0.717, 1.165) is 29.6 Å². The predicted molar refractivity (Wildman–Crippen MR) is 127 cm³/mol. The van der Waals surface area contributed by atoms with E-state index in [4.69, 9.17) is 4.99 Å². The second kappa shape index (κ2) is 12.5. The second-order valence-electron chi connectivity index (χ2n) is 7.76. The van der Waals surface area contributed by atoms with E-state index in [1.54, 1.807) is 0 Å². The van der Waals surface area contributed by atoms with Crippen LogP contribution in [0.1, 0.15) is 55.3 Å². The highest BCUT2D eigenvalue weighted by atomic mass is 32.2. The van der Waals surface area contributed by atoms with Gasteiger partial charge >= 0.3 is 0 Å². The molecule has 0 spiro atoms. The Morgan fingerprint density at radius 2 is 1.69 bits per heavy atom. The first-order valence-electron chi connectivity index (χ1n) is 10.9. The Kier molecular flexibility index (Phi) is 9.31. The number of benzene rings is 1. The van der Waals surface area contributed by atoms with Crippen molar-refractivity contribution in [2.45, 2.75) is 58.3 Å². The van der Waals surface area contributed by atoms with Gasteiger partial charge in [0.25, 0.3) is 0 Å². The van der Waals surface area contributed by atoms with Gasteiger partial charge in [-0.1, -0.05) is 73.8 Å². The van der Waals surface area contributed by atoms with Crippen LogP contribution in [0.25, 0.3) is 0 Å². The summed E-state index contributed by atoms with van der Waals surface area (Å²) in [6.45, 7) is 2.82. The van der Waals surface area contributed by atoms with E-state index < -0.39 is 0 Å². The first kappa shape index (κ1) is 21.6. The van der Waals surface area contributed by atoms with Gasteiger partial charge in [-0.2, -0.15) is 0 Å². The largest absolute Gasteiger partial charge is 0.341 e. The van der Waals surface area contributed by atoms with E-state index in [1.165, 1.54) is 61.6 Å². The Balaban J connectivity index is 1.18. The average molecular weight is 408 g/mol. The van der Waals surface area contributed by atoms with Crippen molar-refractivity contribution in [1.82, 2.24) is 10.3 Å². The molecule has 0 amide bonds. The summed E-state index contributed by atoms with van der Waals surface area (Å²) < 4.78 is 0. The summed E-state index contributed by atoms with van der Waals surface area (Å²) in [6, 6.07) is 15.1. The summed E-state index contributed by atoms with van der Waals surface area (Å²) in [4.78, 5) is 9.06. The zero-order chi connectivity index (χ0) is 20.2. The molecule has 0 unspecified atom stereocenters. The lowest BCUT2D eigenvalue weighted by Crippen LogP contribution is -2.21. The number of thioether (sulfide) groups is 1. The van der Waals surface area contributed by atoms with Crippen molar-refractivity contribution in [3.63, 3.8) is 0 Å². The first-order chi connectivity index (χ1) is 14.3. The van der Waals surface area contributed by atoms with Gasteiger partial charge in [0, 0.05) is 23.8 Å². The van der Waals surface area contributed by atoms with Crippen molar-refractivity contribution in [1.29, 1.82) is 0 Å². The van der Waals surface area contributed by atoms with Crippen LogP contribution in [-0.2, 0) is 12.8 Å². The van der Waals surface area contributed by atoms with E-state index in [2.05, 4.69) is 59.0 Å². The Bertz CT molecular complexity index is 781. The van der Waals surface area contributed by atoms with Crippen LogP contribution in [0, 0.1) is 6.92 Å². The van der Waals surface area contributed by atoms with Gasteiger partial charge in [-0.25, -0.2) is 0 Å². The Morgan fingerprint density at radius 3 is 2.41 bits per heavy atom. The van der Waals surface area contributed by atoms with Gasteiger partial charge in [-0.3, -0.25) is 9.98 Å². The molecule has 0 saturated carbocycles. The van der Waals surface area contributed by atoms with E-state index in [0.29, 0.717) is 0 Å². The maximum Gasteiger partial charge on any atom is 0.160 e. The van der Waals surface area contributed by atoms with Crippen LogP contribution in [-0.4, -0.2) is 22.4 Å². The molecule has 1 aliphatic heterocycles. The molecule has 3 rings (SSSR count). The molecule has 1 aromatic heterocycles. The fourth-order valence-electron chi connectivity index (χ4n) is 3.44. The van der Waals surface area contributed by atoms with Crippen LogP contribution in [0.3, 0.4) is 0 Å². The topological polar surface area (TPSA) is 37.3 Å². The number of nitrogens with zero attached hydrogens (tertiary/aromatic N) is 2. The number of aryl methyl sites for hydroxylation is 2. The third-order valence-corrected chi connectivity index (χ3v) is 6.18. The molecule has 0 radical (unpaired) electrons. The molecule has 0 bridgehead atoms. The summed E-state index contributed by atoms with van der Waals surface area (Å²) in [5, 5.41) is 4.43. The molecule has 0 fully saturated rings. The molecular formula is C25H33N3S. The molecule has 154 valence electrons. The highest BCUT2D eigenvalue weighted by Gasteiger charge is 2.08. The third kappa shape index (κ3) is 8.45. The van der Waals surface area contributed by atoms with Gasteiger partial charge in [0.15, 0.2) is 5.17 Å². The van der Waals surface area contributed by atoms with Crippen LogP contribution >= 0.6 is 11.8 Å². The number of hydrogen-bond donors (Lipinski definition) is 1. The Morgan fingerprint density at radius 1 is 0.897 bits per heavy atom. The van der Waals surface area contributed by atoms with Crippen LogP contribution in [0.5, 0.6) is 0 Å². The molecule has 0 saturated heterocycles. The normalized spacial score (nSPS) is 13.6.